The highest BCUT2D eigenvalue weighted by Gasteiger charge is 2.30. The number of amides is 1. The maximum atomic E-state index is 12.0. The van der Waals surface area contributed by atoms with Gasteiger partial charge < -0.3 is 19.9 Å². The molecule has 0 unspecified atom stereocenters. The third-order valence-corrected chi connectivity index (χ3v) is 3.70. The molecule has 0 bridgehead atoms. The minimum absolute atomic E-state index is 0.181. The largest absolute Gasteiger partial charge is 0.496 e. The van der Waals surface area contributed by atoms with Gasteiger partial charge in [0.05, 0.1) is 19.0 Å². The van der Waals surface area contributed by atoms with Crippen molar-refractivity contribution in [2.75, 3.05) is 19.0 Å². The molecule has 0 spiro atoms. The molecule has 2 aromatic rings. The standard InChI is InChI=1S/C17H21N3O5/c1-11-7-13(5-6-14(11)24-4)25-10-15(21)19-12-8-18-20(9-12)17(2,3)16(22)23/h5-9H,10H2,1-4H3,(H,19,21)(H,22,23). The summed E-state index contributed by atoms with van der Waals surface area (Å²) in [6.45, 7) is 4.73. The number of rotatable bonds is 7. The van der Waals surface area contributed by atoms with Crippen LogP contribution in [0, 0.1) is 6.92 Å². The molecule has 25 heavy (non-hydrogen) atoms. The van der Waals surface area contributed by atoms with E-state index in [1.807, 2.05) is 6.92 Å². The molecule has 0 atom stereocenters. The number of methoxy groups -OCH3 is 1. The molecular formula is C17H21N3O5. The highest BCUT2D eigenvalue weighted by molar-refractivity contribution is 5.91. The van der Waals surface area contributed by atoms with Crippen LogP contribution in [0.4, 0.5) is 5.69 Å². The Morgan fingerprint density at radius 1 is 1.36 bits per heavy atom. The number of carboxylic acid groups (broad SMARTS) is 1. The van der Waals surface area contributed by atoms with Crippen molar-refractivity contribution >= 4 is 17.6 Å². The number of ether oxygens (including phenoxy) is 2. The van der Waals surface area contributed by atoms with Gasteiger partial charge in [-0.15, -0.1) is 0 Å². The SMILES string of the molecule is COc1ccc(OCC(=O)Nc2cnn(C(C)(C)C(=O)O)c2)cc1C. The zero-order valence-corrected chi connectivity index (χ0v) is 14.6. The van der Waals surface area contributed by atoms with Gasteiger partial charge in [-0.3, -0.25) is 9.48 Å². The Morgan fingerprint density at radius 3 is 2.68 bits per heavy atom. The number of aryl methyl sites for hydroxylation is 1. The summed E-state index contributed by atoms with van der Waals surface area (Å²) in [4.78, 5) is 23.2. The quantitative estimate of drug-likeness (QED) is 0.794. The molecule has 0 saturated heterocycles. The van der Waals surface area contributed by atoms with Crippen LogP contribution in [-0.4, -0.2) is 40.5 Å². The third kappa shape index (κ3) is 4.28. The van der Waals surface area contributed by atoms with E-state index in [1.165, 1.54) is 30.9 Å². The fourth-order valence-electron chi connectivity index (χ4n) is 2.08. The minimum atomic E-state index is -1.21. The molecule has 0 fully saturated rings. The molecule has 1 heterocycles. The van der Waals surface area contributed by atoms with E-state index in [-0.39, 0.29) is 12.5 Å². The van der Waals surface area contributed by atoms with E-state index in [1.54, 1.807) is 25.3 Å². The van der Waals surface area contributed by atoms with Crippen molar-refractivity contribution in [1.29, 1.82) is 0 Å². The van der Waals surface area contributed by atoms with Gasteiger partial charge in [0.15, 0.2) is 12.1 Å². The van der Waals surface area contributed by atoms with E-state index in [0.29, 0.717) is 11.4 Å². The van der Waals surface area contributed by atoms with Crippen LogP contribution in [0.1, 0.15) is 19.4 Å². The van der Waals surface area contributed by atoms with Crippen molar-refractivity contribution in [2.24, 2.45) is 0 Å². The molecule has 0 saturated carbocycles. The van der Waals surface area contributed by atoms with Gasteiger partial charge in [0.2, 0.25) is 0 Å². The average Bonchev–Trinajstić information content (AvgIpc) is 3.02. The summed E-state index contributed by atoms with van der Waals surface area (Å²) < 4.78 is 11.9. The lowest BCUT2D eigenvalue weighted by molar-refractivity contribution is -0.146. The Hall–Kier alpha value is -3.03. The zero-order valence-electron chi connectivity index (χ0n) is 14.6. The van der Waals surface area contributed by atoms with Crippen molar-refractivity contribution in [3.63, 3.8) is 0 Å². The van der Waals surface area contributed by atoms with E-state index in [2.05, 4.69) is 10.4 Å². The van der Waals surface area contributed by atoms with Gasteiger partial charge in [0.25, 0.3) is 5.91 Å². The summed E-state index contributed by atoms with van der Waals surface area (Å²) in [6.07, 6.45) is 2.85. The Balaban J connectivity index is 1.94. The number of nitrogens with zero attached hydrogens (tertiary/aromatic N) is 2. The molecule has 1 aromatic carbocycles. The molecule has 8 heteroatoms. The Bertz CT molecular complexity index is 782. The van der Waals surface area contributed by atoms with Crippen LogP contribution in [0.2, 0.25) is 0 Å². The second-order valence-electron chi connectivity index (χ2n) is 6.01. The molecule has 0 aliphatic heterocycles. The second kappa shape index (κ2) is 7.25. The average molecular weight is 347 g/mol. The fourth-order valence-corrected chi connectivity index (χ4v) is 2.08. The molecule has 2 N–H and O–H groups in total. The van der Waals surface area contributed by atoms with Crippen molar-refractivity contribution in [3.8, 4) is 11.5 Å². The molecule has 0 radical (unpaired) electrons. The Kier molecular flexibility index (Phi) is 5.31. The van der Waals surface area contributed by atoms with Crippen LogP contribution in [0.5, 0.6) is 11.5 Å². The molecule has 0 aliphatic rings. The first-order valence-electron chi connectivity index (χ1n) is 7.60. The predicted molar refractivity (Wildman–Crippen MR) is 91.0 cm³/mol. The maximum absolute atomic E-state index is 12.0. The first-order chi connectivity index (χ1) is 11.7. The smallest absolute Gasteiger partial charge is 0.331 e. The topological polar surface area (TPSA) is 103 Å². The lowest BCUT2D eigenvalue weighted by Gasteiger charge is -2.19. The van der Waals surface area contributed by atoms with Crippen LogP contribution < -0.4 is 14.8 Å². The predicted octanol–water partition coefficient (Wildman–Crippen LogP) is 2.04. The number of hydrogen-bond donors (Lipinski definition) is 2. The Labute approximate surface area is 145 Å². The summed E-state index contributed by atoms with van der Waals surface area (Å²) in [6, 6.07) is 5.26. The highest BCUT2D eigenvalue weighted by atomic mass is 16.5. The summed E-state index contributed by atoms with van der Waals surface area (Å²) in [5.74, 6) is -0.103. The van der Waals surface area contributed by atoms with Crippen molar-refractivity contribution in [1.82, 2.24) is 9.78 Å². The number of hydrogen-bond acceptors (Lipinski definition) is 5. The fraction of sp³-hybridized carbons (Fsp3) is 0.353. The number of nitrogens with one attached hydrogen (secondary N) is 1. The number of carbonyl (C=O) groups is 2. The van der Waals surface area contributed by atoms with Crippen LogP contribution in [-0.2, 0) is 15.1 Å². The van der Waals surface area contributed by atoms with Crippen molar-refractivity contribution in [3.05, 3.63) is 36.2 Å². The van der Waals surface area contributed by atoms with Gasteiger partial charge in [-0.1, -0.05) is 0 Å². The molecular weight excluding hydrogens is 326 g/mol. The lowest BCUT2D eigenvalue weighted by Crippen LogP contribution is -2.35. The van der Waals surface area contributed by atoms with Crippen LogP contribution in [0.15, 0.2) is 30.6 Å². The van der Waals surface area contributed by atoms with E-state index in [9.17, 15) is 14.7 Å². The van der Waals surface area contributed by atoms with E-state index in [4.69, 9.17) is 9.47 Å². The molecule has 0 aliphatic carbocycles. The normalized spacial score (nSPS) is 11.0. The van der Waals surface area contributed by atoms with E-state index in [0.717, 1.165) is 11.3 Å². The Morgan fingerprint density at radius 2 is 2.08 bits per heavy atom. The minimum Gasteiger partial charge on any atom is -0.496 e. The van der Waals surface area contributed by atoms with E-state index < -0.39 is 11.5 Å². The number of aromatic nitrogens is 2. The molecule has 1 amide bonds. The molecule has 2 rings (SSSR count). The van der Waals surface area contributed by atoms with Gasteiger partial charge in [0.1, 0.15) is 11.5 Å². The van der Waals surface area contributed by atoms with Gasteiger partial charge in [-0.25, -0.2) is 4.79 Å². The molecule has 134 valence electrons. The molecule has 8 nitrogen and oxygen atoms in total. The van der Waals surface area contributed by atoms with Crippen LogP contribution >= 0.6 is 0 Å². The number of carboxylic acids is 1. The second-order valence-corrected chi connectivity index (χ2v) is 6.01. The van der Waals surface area contributed by atoms with Crippen LogP contribution in [0.3, 0.4) is 0 Å². The summed E-state index contributed by atoms with van der Waals surface area (Å²) in [5, 5.41) is 15.8. The lowest BCUT2D eigenvalue weighted by atomic mass is 10.1. The van der Waals surface area contributed by atoms with Crippen molar-refractivity contribution in [2.45, 2.75) is 26.3 Å². The first-order valence-corrected chi connectivity index (χ1v) is 7.60. The summed E-state index contributed by atoms with van der Waals surface area (Å²) in [5.41, 5.74) is 0.0894. The van der Waals surface area contributed by atoms with Gasteiger partial charge in [-0.05, 0) is 44.5 Å². The summed E-state index contributed by atoms with van der Waals surface area (Å²) in [7, 11) is 1.59. The van der Waals surface area contributed by atoms with Gasteiger partial charge in [-0.2, -0.15) is 5.10 Å². The number of aliphatic carboxylic acids is 1. The van der Waals surface area contributed by atoms with Gasteiger partial charge >= 0.3 is 5.97 Å². The monoisotopic (exact) mass is 347 g/mol. The first kappa shape index (κ1) is 18.3. The number of carbonyl (C=O) groups excluding carboxylic acids is 1. The number of benzene rings is 1. The highest BCUT2D eigenvalue weighted by Crippen LogP contribution is 2.23. The zero-order chi connectivity index (χ0) is 18.6. The molecule has 1 aromatic heterocycles. The van der Waals surface area contributed by atoms with E-state index >= 15 is 0 Å². The van der Waals surface area contributed by atoms with Gasteiger partial charge in [0, 0.05) is 6.20 Å². The van der Waals surface area contributed by atoms with Crippen molar-refractivity contribution < 1.29 is 24.2 Å². The van der Waals surface area contributed by atoms with Crippen LogP contribution in [0.25, 0.3) is 0 Å². The maximum Gasteiger partial charge on any atom is 0.331 e. The third-order valence-electron chi connectivity index (χ3n) is 3.70. The summed E-state index contributed by atoms with van der Waals surface area (Å²) >= 11 is 0. The number of anilines is 1.